The Bertz CT molecular complexity index is 659. The molecule has 116 valence electrons. The first-order chi connectivity index (χ1) is 10.7. The molecular formula is C16H21N5O. The average molecular weight is 299 g/mol. The number of nitrogens with one attached hydrogen (secondary N) is 2. The highest BCUT2D eigenvalue weighted by Gasteiger charge is 2.22. The van der Waals surface area contributed by atoms with Crippen LogP contribution < -0.4 is 15.5 Å². The summed E-state index contributed by atoms with van der Waals surface area (Å²) in [5, 5.41) is 10.8. The number of anilines is 2. The van der Waals surface area contributed by atoms with Gasteiger partial charge in [0.1, 0.15) is 5.69 Å². The van der Waals surface area contributed by atoms with Crippen LogP contribution >= 0.6 is 0 Å². The SMILES string of the molecule is Cc1nn(C)c(N2CCNCC2)c1NC(=O)c1ccccc1. The lowest BCUT2D eigenvalue weighted by molar-refractivity contribution is 0.102. The van der Waals surface area contributed by atoms with Gasteiger partial charge in [-0.3, -0.25) is 9.48 Å². The van der Waals surface area contributed by atoms with E-state index in [9.17, 15) is 4.79 Å². The molecule has 1 aromatic carbocycles. The van der Waals surface area contributed by atoms with Crippen molar-refractivity contribution in [2.24, 2.45) is 7.05 Å². The van der Waals surface area contributed by atoms with Crippen LogP contribution in [0.2, 0.25) is 0 Å². The molecule has 0 radical (unpaired) electrons. The molecule has 1 aliphatic heterocycles. The molecule has 1 saturated heterocycles. The first-order valence-corrected chi connectivity index (χ1v) is 7.52. The van der Waals surface area contributed by atoms with Crippen LogP contribution in [0.3, 0.4) is 0 Å². The van der Waals surface area contributed by atoms with E-state index in [1.165, 1.54) is 0 Å². The highest BCUT2D eigenvalue weighted by molar-refractivity contribution is 6.06. The van der Waals surface area contributed by atoms with Crippen LogP contribution in [-0.4, -0.2) is 41.9 Å². The highest BCUT2D eigenvalue weighted by Crippen LogP contribution is 2.29. The summed E-state index contributed by atoms with van der Waals surface area (Å²) < 4.78 is 1.85. The van der Waals surface area contributed by atoms with E-state index in [-0.39, 0.29) is 5.91 Å². The number of aryl methyl sites for hydroxylation is 2. The fraction of sp³-hybridized carbons (Fsp3) is 0.375. The molecule has 0 bridgehead atoms. The standard InChI is InChI=1S/C16H21N5O/c1-12-14(18-15(22)13-6-4-3-5-7-13)16(20(2)19-12)21-10-8-17-9-11-21/h3-7,17H,8-11H2,1-2H3,(H,18,22). The molecule has 0 saturated carbocycles. The molecule has 2 N–H and O–H groups in total. The summed E-state index contributed by atoms with van der Waals surface area (Å²) in [6, 6.07) is 9.25. The molecular weight excluding hydrogens is 278 g/mol. The summed E-state index contributed by atoms with van der Waals surface area (Å²) in [5.74, 6) is 0.872. The van der Waals surface area contributed by atoms with Crippen molar-refractivity contribution in [3.63, 3.8) is 0 Å². The van der Waals surface area contributed by atoms with Gasteiger partial charge in [0.25, 0.3) is 5.91 Å². The minimum atomic E-state index is -0.104. The summed E-state index contributed by atoms with van der Waals surface area (Å²) >= 11 is 0. The number of carbonyl (C=O) groups is 1. The fourth-order valence-corrected chi connectivity index (χ4v) is 2.81. The Labute approximate surface area is 130 Å². The molecule has 1 amide bonds. The lowest BCUT2D eigenvalue weighted by atomic mass is 10.2. The van der Waals surface area contributed by atoms with Crippen LogP contribution in [0.5, 0.6) is 0 Å². The molecule has 1 aromatic heterocycles. The van der Waals surface area contributed by atoms with Gasteiger partial charge in [-0.2, -0.15) is 5.10 Å². The van der Waals surface area contributed by atoms with Crippen LogP contribution in [0.1, 0.15) is 16.1 Å². The van der Waals surface area contributed by atoms with Gasteiger partial charge in [-0.15, -0.1) is 0 Å². The van der Waals surface area contributed by atoms with Gasteiger partial charge in [0.05, 0.1) is 5.69 Å². The van der Waals surface area contributed by atoms with Crippen LogP contribution in [0.25, 0.3) is 0 Å². The van der Waals surface area contributed by atoms with Gasteiger partial charge in [-0.05, 0) is 19.1 Å². The predicted molar refractivity (Wildman–Crippen MR) is 87.4 cm³/mol. The van der Waals surface area contributed by atoms with Crippen LogP contribution in [0, 0.1) is 6.92 Å². The summed E-state index contributed by atoms with van der Waals surface area (Å²) in [6.45, 7) is 5.62. The minimum absolute atomic E-state index is 0.104. The zero-order valence-corrected chi connectivity index (χ0v) is 13.0. The Hall–Kier alpha value is -2.34. The van der Waals surface area contributed by atoms with Gasteiger partial charge in [-0.1, -0.05) is 18.2 Å². The van der Waals surface area contributed by atoms with Crippen molar-refractivity contribution in [2.75, 3.05) is 36.4 Å². The molecule has 6 nitrogen and oxygen atoms in total. The molecule has 6 heteroatoms. The van der Waals surface area contributed by atoms with E-state index in [0.29, 0.717) is 5.56 Å². The molecule has 0 spiro atoms. The molecule has 0 unspecified atom stereocenters. The molecule has 3 rings (SSSR count). The Balaban J connectivity index is 1.88. The van der Waals surface area contributed by atoms with Crippen molar-refractivity contribution in [1.82, 2.24) is 15.1 Å². The normalized spacial score (nSPS) is 14.9. The first kappa shape index (κ1) is 14.6. The van der Waals surface area contributed by atoms with Crippen molar-refractivity contribution in [1.29, 1.82) is 0 Å². The molecule has 22 heavy (non-hydrogen) atoms. The average Bonchev–Trinajstić information content (AvgIpc) is 2.83. The monoisotopic (exact) mass is 299 g/mol. The second-order valence-corrected chi connectivity index (χ2v) is 5.46. The van der Waals surface area contributed by atoms with E-state index in [1.54, 1.807) is 0 Å². The van der Waals surface area contributed by atoms with E-state index in [1.807, 2.05) is 49.0 Å². The van der Waals surface area contributed by atoms with Crippen molar-refractivity contribution in [3.8, 4) is 0 Å². The van der Waals surface area contributed by atoms with Gasteiger partial charge >= 0.3 is 0 Å². The number of rotatable bonds is 3. The van der Waals surface area contributed by atoms with Crippen LogP contribution in [0.15, 0.2) is 30.3 Å². The van der Waals surface area contributed by atoms with Crippen LogP contribution in [-0.2, 0) is 7.05 Å². The lowest BCUT2D eigenvalue weighted by Gasteiger charge is -2.30. The van der Waals surface area contributed by atoms with Crippen LogP contribution in [0.4, 0.5) is 11.5 Å². The van der Waals surface area contributed by atoms with Crippen molar-refractivity contribution >= 4 is 17.4 Å². The Morgan fingerprint density at radius 3 is 2.59 bits per heavy atom. The maximum absolute atomic E-state index is 12.4. The zero-order valence-electron chi connectivity index (χ0n) is 13.0. The predicted octanol–water partition coefficient (Wildman–Crippen LogP) is 1.39. The van der Waals surface area contributed by atoms with Gasteiger partial charge < -0.3 is 15.5 Å². The van der Waals surface area contributed by atoms with E-state index in [4.69, 9.17) is 0 Å². The van der Waals surface area contributed by atoms with Crippen molar-refractivity contribution < 1.29 is 4.79 Å². The third-order valence-electron chi connectivity index (χ3n) is 3.88. The largest absolute Gasteiger partial charge is 0.353 e. The molecule has 1 fully saturated rings. The summed E-state index contributed by atoms with van der Waals surface area (Å²) in [6.07, 6.45) is 0. The second kappa shape index (κ2) is 6.19. The minimum Gasteiger partial charge on any atom is -0.353 e. The second-order valence-electron chi connectivity index (χ2n) is 5.46. The highest BCUT2D eigenvalue weighted by atomic mass is 16.1. The number of benzene rings is 1. The van der Waals surface area contributed by atoms with E-state index in [0.717, 1.165) is 43.4 Å². The number of carbonyl (C=O) groups excluding carboxylic acids is 1. The van der Waals surface area contributed by atoms with E-state index in [2.05, 4.69) is 20.6 Å². The molecule has 2 aromatic rings. The third kappa shape index (κ3) is 2.82. The van der Waals surface area contributed by atoms with Gasteiger partial charge in [0, 0.05) is 38.8 Å². The van der Waals surface area contributed by atoms with E-state index < -0.39 is 0 Å². The number of hydrogen-bond acceptors (Lipinski definition) is 4. The Morgan fingerprint density at radius 2 is 1.91 bits per heavy atom. The zero-order chi connectivity index (χ0) is 15.5. The summed E-state index contributed by atoms with van der Waals surface area (Å²) in [7, 11) is 1.92. The number of amides is 1. The molecule has 0 aliphatic carbocycles. The molecule has 0 atom stereocenters. The number of piperazine rings is 1. The summed E-state index contributed by atoms with van der Waals surface area (Å²) in [4.78, 5) is 14.7. The van der Waals surface area contributed by atoms with Gasteiger partial charge in [0.15, 0.2) is 5.82 Å². The molecule has 1 aliphatic rings. The summed E-state index contributed by atoms with van der Waals surface area (Å²) in [5.41, 5.74) is 2.29. The first-order valence-electron chi connectivity index (χ1n) is 7.52. The fourth-order valence-electron chi connectivity index (χ4n) is 2.81. The Kier molecular flexibility index (Phi) is 4.11. The smallest absolute Gasteiger partial charge is 0.255 e. The third-order valence-corrected chi connectivity index (χ3v) is 3.88. The maximum Gasteiger partial charge on any atom is 0.255 e. The van der Waals surface area contributed by atoms with Gasteiger partial charge in [0.2, 0.25) is 0 Å². The van der Waals surface area contributed by atoms with Gasteiger partial charge in [-0.25, -0.2) is 0 Å². The number of hydrogen-bond donors (Lipinski definition) is 2. The van der Waals surface area contributed by atoms with Crippen molar-refractivity contribution in [2.45, 2.75) is 6.92 Å². The van der Waals surface area contributed by atoms with Crippen molar-refractivity contribution in [3.05, 3.63) is 41.6 Å². The number of nitrogens with zero attached hydrogens (tertiary/aromatic N) is 3. The molecule has 2 heterocycles. The van der Waals surface area contributed by atoms with E-state index >= 15 is 0 Å². The lowest BCUT2D eigenvalue weighted by Crippen LogP contribution is -2.44. The number of aromatic nitrogens is 2. The maximum atomic E-state index is 12.4. The quantitative estimate of drug-likeness (QED) is 0.899. The Morgan fingerprint density at radius 1 is 1.23 bits per heavy atom. The topological polar surface area (TPSA) is 62.2 Å².